The summed E-state index contributed by atoms with van der Waals surface area (Å²) in [5.41, 5.74) is 2.06. The molecule has 1 aromatic heterocycles. The molecule has 4 saturated carbocycles. The van der Waals surface area contributed by atoms with E-state index in [0.29, 0.717) is 0 Å². The van der Waals surface area contributed by atoms with Crippen molar-refractivity contribution in [2.45, 2.75) is 71.1 Å². The highest BCUT2D eigenvalue weighted by molar-refractivity contribution is 5.19. The summed E-state index contributed by atoms with van der Waals surface area (Å²) in [6, 6.07) is 4.26. The minimum atomic E-state index is 0.736. The lowest BCUT2D eigenvalue weighted by Crippen LogP contribution is -2.46. The molecule has 1 atom stereocenters. The van der Waals surface area contributed by atoms with Crippen molar-refractivity contribution < 1.29 is 0 Å². The van der Waals surface area contributed by atoms with E-state index in [4.69, 9.17) is 0 Å². The van der Waals surface area contributed by atoms with Gasteiger partial charge in [-0.3, -0.25) is 4.98 Å². The van der Waals surface area contributed by atoms with Gasteiger partial charge in [-0.25, -0.2) is 0 Å². The maximum atomic E-state index is 4.13. The van der Waals surface area contributed by atoms with Gasteiger partial charge in [0.05, 0.1) is 0 Å². The number of rotatable bonds is 8. The van der Waals surface area contributed by atoms with Crippen molar-refractivity contribution in [3.05, 3.63) is 48.7 Å². The van der Waals surface area contributed by atoms with Crippen LogP contribution in [0.5, 0.6) is 0 Å². The van der Waals surface area contributed by atoms with E-state index in [2.05, 4.69) is 42.6 Å². The van der Waals surface area contributed by atoms with E-state index in [0.717, 1.165) is 29.1 Å². The summed E-state index contributed by atoms with van der Waals surface area (Å²) in [6.07, 6.45) is 25.6. The molecule has 4 aliphatic rings. The molecule has 1 radical (unpaired) electrons. The van der Waals surface area contributed by atoms with E-state index >= 15 is 0 Å². The number of aromatic nitrogens is 1. The quantitative estimate of drug-likeness (QED) is 0.487. The van der Waals surface area contributed by atoms with Crippen molar-refractivity contribution >= 4 is 0 Å². The molecule has 0 amide bonds. The van der Waals surface area contributed by atoms with Crippen molar-refractivity contribution in [3.63, 3.8) is 0 Å². The predicted octanol–water partition coefficient (Wildman–Crippen LogP) is 6.60. The summed E-state index contributed by atoms with van der Waals surface area (Å²) >= 11 is 0. The Morgan fingerprint density at radius 3 is 2.28 bits per heavy atom. The molecule has 1 heteroatoms. The number of allylic oxidation sites excluding steroid dienone is 2. The van der Waals surface area contributed by atoms with E-state index in [1.165, 1.54) is 31.2 Å². The van der Waals surface area contributed by atoms with Crippen LogP contribution in [0.15, 0.2) is 36.7 Å². The third-order valence-electron chi connectivity index (χ3n) is 7.35. The third-order valence-corrected chi connectivity index (χ3v) is 7.35. The highest BCUT2D eigenvalue weighted by Crippen LogP contribution is 2.61. The minimum Gasteiger partial charge on any atom is -0.265 e. The standard InChI is InChI=1S/C24H34N/c1-2-3-4-19(5-6-20-8-11-25-12-9-20)7-10-24-16-21-13-22(17-24)15-23(14-21)18-24/h2-3,6,8-9,11-12,19,21-23H,4-5,7,10,13-18H2,1H3/b3-2+. The smallest absolute Gasteiger partial charge is 0.0270 e. The van der Waals surface area contributed by atoms with Crippen LogP contribution in [0.1, 0.15) is 76.7 Å². The molecule has 4 bridgehead atoms. The first kappa shape index (κ1) is 17.3. The molecule has 0 saturated heterocycles. The zero-order valence-electron chi connectivity index (χ0n) is 15.9. The van der Waals surface area contributed by atoms with Crippen LogP contribution in [0.3, 0.4) is 0 Å². The van der Waals surface area contributed by atoms with E-state index in [-0.39, 0.29) is 0 Å². The Kier molecular flexibility index (Phi) is 5.29. The summed E-state index contributed by atoms with van der Waals surface area (Å²) in [7, 11) is 0. The zero-order chi connectivity index (χ0) is 17.1. The maximum Gasteiger partial charge on any atom is 0.0270 e. The second kappa shape index (κ2) is 7.64. The average molecular weight is 337 g/mol. The maximum absolute atomic E-state index is 4.13. The molecular weight excluding hydrogens is 302 g/mol. The molecule has 25 heavy (non-hydrogen) atoms. The normalized spacial score (nSPS) is 34.7. The van der Waals surface area contributed by atoms with Gasteiger partial charge in [0.1, 0.15) is 0 Å². The van der Waals surface area contributed by atoms with Gasteiger partial charge in [0, 0.05) is 12.4 Å². The summed E-state index contributed by atoms with van der Waals surface area (Å²) in [5.74, 6) is 4.06. The molecule has 1 unspecified atom stereocenters. The minimum absolute atomic E-state index is 0.736. The number of nitrogens with zero attached hydrogens (tertiary/aromatic N) is 1. The Bertz CT molecular complexity index is 538. The topological polar surface area (TPSA) is 12.9 Å². The SMILES string of the molecule is C/C=C/CC(C[CH]c1ccncc1)CCC12CC3CC(CC(C3)C1)C2. The lowest BCUT2D eigenvalue weighted by molar-refractivity contribution is -0.0599. The molecule has 1 nitrogen and oxygen atoms in total. The van der Waals surface area contributed by atoms with Crippen LogP contribution < -0.4 is 0 Å². The molecule has 4 aliphatic carbocycles. The zero-order valence-corrected chi connectivity index (χ0v) is 15.9. The molecular formula is C24H34N. The number of pyridine rings is 1. The van der Waals surface area contributed by atoms with Crippen LogP contribution in [0.4, 0.5) is 0 Å². The van der Waals surface area contributed by atoms with E-state index in [1.807, 2.05) is 12.4 Å². The second-order valence-electron chi connectivity index (χ2n) is 9.35. The van der Waals surface area contributed by atoms with Gasteiger partial charge >= 0.3 is 0 Å². The molecule has 1 aromatic rings. The first-order valence-corrected chi connectivity index (χ1v) is 10.6. The van der Waals surface area contributed by atoms with Gasteiger partial charge in [0.15, 0.2) is 0 Å². The van der Waals surface area contributed by atoms with Crippen LogP contribution in [0, 0.1) is 35.5 Å². The van der Waals surface area contributed by atoms with Crippen LogP contribution in [-0.2, 0) is 0 Å². The Balaban J connectivity index is 1.34. The molecule has 0 N–H and O–H groups in total. The van der Waals surface area contributed by atoms with E-state index in [1.54, 1.807) is 38.5 Å². The Morgan fingerprint density at radius 2 is 1.68 bits per heavy atom. The van der Waals surface area contributed by atoms with Crippen LogP contribution >= 0.6 is 0 Å². The second-order valence-corrected chi connectivity index (χ2v) is 9.35. The Hall–Kier alpha value is -1.11. The van der Waals surface area contributed by atoms with Gasteiger partial charge in [0.25, 0.3) is 0 Å². The summed E-state index contributed by atoms with van der Waals surface area (Å²) in [6.45, 7) is 2.16. The fourth-order valence-electron chi connectivity index (χ4n) is 6.57. The van der Waals surface area contributed by atoms with Crippen LogP contribution in [0.25, 0.3) is 0 Å². The van der Waals surface area contributed by atoms with Crippen molar-refractivity contribution in [3.8, 4) is 0 Å². The fourth-order valence-corrected chi connectivity index (χ4v) is 6.57. The largest absolute Gasteiger partial charge is 0.265 e. The van der Waals surface area contributed by atoms with Crippen molar-refractivity contribution in [1.29, 1.82) is 0 Å². The summed E-state index contributed by atoms with van der Waals surface area (Å²) < 4.78 is 0. The van der Waals surface area contributed by atoms with Gasteiger partial charge < -0.3 is 0 Å². The summed E-state index contributed by atoms with van der Waals surface area (Å²) in [4.78, 5) is 4.13. The van der Waals surface area contributed by atoms with Crippen molar-refractivity contribution in [2.24, 2.45) is 29.1 Å². The van der Waals surface area contributed by atoms with Gasteiger partial charge in [0.2, 0.25) is 0 Å². The number of hydrogen-bond acceptors (Lipinski definition) is 1. The van der Waals surface area contributed by atoms with Gasteiger partial charge in [-0.1, -0.05) is 12.2 Å². The summed E-state index contributed by atoms with van der Waals surface area (Å²) in [5, 5.41) is 0. The lowest BCUT2D eigenvalue weighted by Gasteiger charge is -2.57. The molecule has 4 fully saturated rings. The first-order valence-electron chi connectivity index (χ1n) is 10.6. The highest BCUT2D eigenvalue weighted by atomic mass is 14.6. The Morgan fingerprint density at radius 1 is 1.04 bits per heavy atom. The molecule has 1 heterocycles. The highest BCUT2D eigenvalue weighted by Gasteiger charge is 2.50. The predicted molar refractivity (Wildman–Crippen MR) is 105 cm³/mol. The van der Waals surface area contributed by atoms with Gasteiger partial charge in [-0.15, -0.1) is 0 Å². The molecule has 0 spiro atoms. The lowest BCUT2D eigenvalue weighted by atomic mass is 9.48. The molecule has 0 aliphatic heterocycles. The van der Waals surface area contributed by atoms with Gasteiger partial charge in [-0.05, 0) is 124 Å². The van der Waals surface area contributed by atoms with Crippen LogP contribution in [-0.4, -0.2) is 4.98 Å². The van der Waals surface area contributed by atoms with Gasteiger partial charge in [-0.2, -0.15) is 0 Å². The first-order chi connectivity index (χ1) is 12.2. The van der Waals surface area contributed by atoms with E-state index < -0.39 is 0 Å². The monoisotopic (exact) mass is 336 g/mol. The van der Waals surface area contributed by atoms with E-state index in [9.17, 15) is 0 Å². The van der Waals surface area contributed by atoms with Crippen molar-refractivity contribution in [2.75, 3.05) is 0 Å². The molecule has 5 rings (SSSR count). The molecule has 135 valence electrons. The van der Waals surface area contributed by atoms with Crippen LogP contribution in [0.2, 0.25) is 0 Å². The Labute approximate surface area is 154 Å². The fraction of sp³-hybridized carbons (Fsp3) is 0.667. The number of hydrogen-bond donors (Lipinski definition) is 0. The van der Waals surface area contributed by atoms with Crippen molar-refractivity contribution in [1.82, 2.24) is 4.98 Å². The average Bonchev–Trinajstić information content (AvgIpc) is 2.61. The molecule has 0 aromatic carbocycles. The third kappa shape index (κ3) is 4.18.